The Hall–Kier alpha value is -1.84. The van der Waals surface area contributed by atoms with Crippen molar-refractivity contribution in [3.05, 3.63) is 17.7 Å². The summed E-state index contributed by atoms with van der Waals surface area (Å²) in [7, 11) is -1.11. The van der Waals surface area contributed by atoms with Crippen LogP contribution in [0.5, 0.6) is 11.5 Å². The van der Waals surface area contributed by atoms with E-state index in [1.165, 1.54) is 26.4 Å². The van der Waals surface area contributed by atoms with E-state index < -0.39 is 28.6 Å². The molecule has 21 heavy (non-hydrogen) atoms. The number of primary amides is 1. The molecule has 1 aromatic rings. The molecular formula is C12H18N2O6S. The van der Waals surface area contributed by atoms with Crippen molar-refractivity contribution in [1.82, 2.24) is 4.72 Å². The van der Waals surface area contributed by atoms with Gasteiger partial charge in [-0.1, -0.05) is 0 Å². The molecular weight excluding hydrogens is 300 g/mol. The molecule has 118 valence electrons. The van der Waals surface area contributed by atoms with Gasteiger partial charge in [0.1, 0.15) is 6.10 Å². The van der Waals surface area contributed by atoms with Crippen LogP contribution in [0.25, 0.3) is 0 Å². The Bertz CT molecular complexity index is 629. The van der Waals surface area contributed by atoms with Gasteiger partial charge in [0.25, 0.3) is 0 Å². The van der Waals surface area contributed by atoms with Crippen molar-refractivity contribution in [2.45, 2.75) is 17.9 Å². The van der Waals surface area contributed by atoms with E-state index in [0.29, 0.717) is 11.3 Å². The number of hydrogen-bond acceptors (Lipinski definition) is 6. The number of amides is 1. The van der Waals surface area contributed by atoms with E-state index >= 15 is 0 Å². The number of sulfonamides is 1. The van der Waals surface area contributed by atoms with Crippen LogP contribution in [0.15, 0.2) is 17.0 Å². The minimum Gasteiger partial charge on any atom is -0.493 e. The molecule has 1 aromatic carbocycles. The first-order valence-corrected chi connectivity index (χ1v) is 7.41. The van der Waals surface area contributed by atoms with E-state index in [-0.39, 0.29) is 10.6 Å². The van der Waals surface area contributed by atoms with Gasteiger partial charge in [0.2, 0.25) is 15.9 Å². The lowest BCUT2D eigenvalue weighted by Crippen LogP contribution is -2.40. The molecule has 0 aliphatic heterocycles. The minimum absolute atomic E-state index is 0.0446. The number of rotatable bonds is 7. The number of benzene rings is 1. The summed E-state index contributed by atoms with van der Waals surface area (Å²) in [5, 5.41) is 9.24. The smallest absolute Gasteiger partial charge is 0.247 e. The van der Waals surface area contributed by atoms with Crippen LogP contribution in [0.2, 0.25) is 0 Å². The summed E-state index contributed by atoms with van der Waals surface area (Å²) in [6.07, 6.45) is -1.60. The number of hydrogen-bond donors (Lipinski definition) is 3. The molecule has 0 aromatic heterocycles. The number of aliphatic hydroxyl groups is 1. The summed E-state index contributed by atoms with van der Waals surface area (Å²) < 4.78 is 36.6. The van der Waals surface area contributed by atoms with Crippen LogP contribution in [-0.2, 0) is 14.8 Å². The van der Waals surface area contributed by atoms with Crippen LogP contribution in [0, 0.1) is 6.92 Å². The van der Waals surface area contributed by atoms with Crippen molar-refractivity contribution >= 4 is 15.9 Å². The first-order valence-electron chi connectivity index (χ1n) is 5.92. The van der Waals surface area contributed by atoms with Gasteiger partial charge in [-0.3, -0.25) is 4.79 Å². The van der Waals surface area contributed by atoms with Gasteiger partial charge in [-0.15, -0.1) is 0 Å². The Morgan fingerprint density at radius 3 is 2.33 bits per heavy atom. The van der Waals surface area contributed by atoms with Gasteiger partial charge in [0.15, 0.2) is 11.5 Å². The highest BCUT2D eigenvalue weighted by Crippen LogP contribution is 2.32. The number of nitrogens with two attached hydrogens (primary N) is 1. The average molecular weight is 318 g/mol. The third-order valence-corrected chi connectivity index (χ3v) is 4.33. The third kappa shape index (κ3) is 4.06. The molecule has 1 rings (SSSR count). The van der Waals surface area contributed by atoms with Crippen molar-refractivity contribution in [2.24, 2.45) is 5.73 Å². The Morgan fingerprint density at radius 2 is 1.86 bits per heavy atom. The summed E-state index contributed by atoms with van der Waals surface area (Å²) in [5.74, 6) is -0.369. The molecule has 8 nitrogen and oxygen atoms in total. The van der Waals surface area contributed by atoms with Gasteiger partial charge in [0.05, 0.1) is 19.1 Å². The molecule has 0 aliphatic rings. The predicted molar refractivity (Wildman–Crippen MR) is 74.7 cm³/mol. The lowest BCUT2D eigenvalue weighted by Gasteiger charge is -2.14. The first-order chi connectivity index (χ1) is 9.72. The van der Waals surface area contributed by atoms with Gasteiger partial charge < -0.3 is 20.3 Å². The van der Waals surface area contributed by atoms with Gasteiger partial charge in [-0.2, -0.15) is 0 Å². The van der Waals surface area contributed by atoms with E-state index in [2.05, 4.69) is 4.72 Å². The molecule has 0 aliphatic carbocycles. The number of aliphatic hydroxyl groups excluding tert-OH is 1. The molecule has 4 N–H and O–H groups in total. The highest BCUT2D eigenvalue weighted by molar-refractivity contribution is 7.89. The zero-order chi connectivity index (χ0) is 16.2. The van der Waals surface area contributed by atoms with E-state index in [1.54, 1.807) is 6.92 Å². The fraction of sp³-hybridized carbons (Fsp3) is 0.417. The van der Waals surface area contributed by atoms with Gasteiger partial charge in [0, 0.05) is 12.6 Å². The van der Waals surface area contributed by atoms with Crippen LogP contribution in [-0.4, -0.2) is 46.3 Å². The Labute approximate surface area is 122 Å². The quantitative estimate of drug-likeness (QED) is 0.600. The van der Waals surface area contributed by atoms with E-state index in [0.717, 1.165) is 0 Å². The van der Waals surface area contributed by atoms with Crippen LogP contribution >= 0.6 is 0 Å². The highest BCUT2D eigenvalue weighted by Gasteiger charge is 2.22. The summed E-state index contributed by atoms with van der Waals surface area (Å²) in [5.41, 5.74) is 5.28. The Kier molecular flexibility index (Phi) is 5.53. The van der Waals surface area contributed by atoms with E-state index in [4.69, 9.17) is 15.2 Å². The second-order valence-corrected chi connectivity index (χ2v) is 5.98. The van der Waals surface area contributed by atoms with E-state index in [9.17, 15) is 18.3 Å². The predicted octanol–water partition coefficient (Wildman–Crippen LogP) is -0.863. The fourth-order valence-electron chi connectivity index (χ4n) is 1.62. The van der Waals surface area contributed by atoms with Crippen LogP contribution in [0.3, 0.4) is 0 Å². The van der Waals surface area contributed by atoms with Crippen molar-refractivity contribution in [2.75, 3.05) is 20.8 Å². The topological polar surface area (TPSA) is 128 Å². The molecule has 0 radical (unpaired) electrons. The van der Waals surface area contributed by atoms with Crippen LogP contribution < -0.4 is 19.9 Å². The number of aryl methyl sites for hydroxylation is 1. The lowest BCUT2D eigenvalue weighted by atomic mass is 10.2. The molecule has 0 heterocycles. The molecule has 9 heteroatoms. The van der Waals surface area contributed by atoms with E-state index in [1.807, 2.05) is 0 Å². The normalized spacial score (nSPS) is 12.8. The zero-order valence-electron chi connectivity index (χ0n) is 11.9. The van der Waals surface area contributed by atoms with Crippen LogP contribution in [0.4, 0.5) is 0 Å². The van der Waals surface area contributed by atoms with Crippen molar-refractivity contribution < 1.29 is 27.8 Å². The van der Waals surface area contributed by atoms with Gasteiger partial charge in [-0.05, 0) is 18.6 Å². The van der Waals surface area contributed by atoms with Gasteiger partial charge in [-0.25, -0.2) is 13.1 Å². The van der Waals surface area contributed by atoms with Crippen molar-refractivity contribution in [1.29, 1.82) is 0 Å². The summed E-state index contributed by atoms with van der Waals surface area (Å²) in [6.45, 7) is 1.08. The SMILES string of the molecule is COc1cc(C)c(S(=O)(=O)NCC(O)C(N)=O)cc1OC. The fourth-order valence-corrected chi connectivity index (χ4v) is 2.90. The Balaban J connectivity index is 3.11. The monoisotopic (exact) mass is 318 g/mol. The molecule has 0 spiro atoms. The Morgan fingerprint density at radius 1 is 1.33 bits per heavy atom. The minimum atomic E-state index is -3.93. The van der Waals surface area contributed by atoms with Crippen molar-refractivity contribution in [3.63, 3.8) is 0 Å². The van der Waals surface area contributed by atoms with Gasteiger partial charge >= 0.3 is 0 Å². The molecule has 1 amide bonds. The van der Waals surface area contributed by atoms with Crippen LogP contribution in [0.1, 0.15) is 5.56 Å². The summed E-state index contributed by atoms with van der Waals surface area (Å²) in [6, 6.07) is 2.81. The standard InChI is InChI=1S/C12H18N2O6S/c1-7-4-9(19-2)10(20-3)5-11(7)21(17,18)14-6-8(15)12(13)16/h4-5,8,14-15H,6H2,1-3H3,(H2,13,16). The maximum atomic E-state index is 12.2. The second kappa shape index (κ2) is 6.74. The highest BCUT2D eigenvalue weighted by atomic mass is 32.2. The largest absolute Gasteiger partial charge is 0.493 e. The molecule has 0 saturated carbocycles. The number of nitrogens with one attached hydrogen (secondary N) is 1. The summed E-state index contributed by atoms with van der Waals surface area (Å²) in [4.78, 5) is 10.7. The third-order valence-electron chi connectivity index (χ3n) is 2.77. The number of carbonyl (C=O) groups is 1. The number of methoxy groups -OCH3 is 2. The zero-order valence-corrected chi connectivity index (χ0v) is 12.7. The second-order valence-electron chi connectivity index (χ2n) is 4.24. The molecule has 0 bridgehead atoms. The molecule has 1 atom stereocenters. The van der Waals surface area contributed by atoms with Crippen molar-refractivity contribution in [3.8, 4) is 11.5 Å². The first kappa shape index (κ1) is 17.2. The molecule has 1 unspecified atom stereocenters. The maximum absolute atomic E-state index is 12.2. The summed E-state index contributed by atoms with van der Waals surface area (Å²) >= 11 is 0. The molecule has 0 fully saturated rings. The average Bonchev–Trinajstić information content (AvgIpc) is 2.43. The lowest BCUT2D eigenvalue weighted by molar-refractivity contribution is -0.125. The maximum Gasteiger partial charge on any atom is 0.247 e. The number of ether oxygens (including phenoxy) is 2. The molecule has 0 saturated heterocycles. The number of carbonyl (C=O) groups excluding carboxylic acids is 1.